The van der Waals surface area contributed by atoms with E-state index in [0.717, 1.165) is 41.1 Å². The van der Waals surface area contributed by atoms with Crippen molar-refractivity contribution >= 4 is 27.7 Å². The quantitative estimate of drug-likeness (QED) is 0.450. The molecule has 148 valence electrons. The highest BCUT2D eigenvalue weighted by molar-refractivity contribution is 6.18. The third kappa shape index (κ3) is 3.39. The zero-order valence-corrected chi connectivity index (χ0v) is 16.8. The molecule has 0 fully saturated rings. The molecule has 0 aliphatic rings. The molecule has 4 heteroatoms. The SMILES string of the molecule is CCCCc1ccc2c3c(C(N)=O)cccc3n(Cc3cccc(C)c3F)c2c1. The Morgan fingerprint density at radius 1 is 1.07 bits per heavy atom. The Hall–Kier alpha value is -3.14. The number of halogens is 1. The Bertz CT molecular complexity index is 1220. The number of carbonyl (C=O) groups is 1. The number of carbonyl (C=O) groups excluding carboxylic acids is 1. The Kier molecular flexibility index (Phi) is 5.10. The fourth-order valence-electron chi connectivity index (χ4n) is 4.10. The van der Waals surface area contributed by atoms with E-state index in [1.165, 1.54) is 5.56 Å². The van der Waals surface area contributed by atoms with Gasteiger partial charge in [0.2, 0.25) is 5.91 Å². The van der Waals surface area contributed by atoms with Crippen LogP contribution in [-0.2, 0) is 13.0 Å². The van der Waals surface area contributed by atoms with Gasteiger partial charge in [0.25, 0.3) is 0 Å². The zero-order chi connectivity index (χ0) is 20.5. The van der Waals surface area contributed by atoms with Crippen molar-refractivity contribution in [1.82, 2.24) is 4.57 Å². The summed E-state index contributed by atoms with van der Waals surface area (Å²) in [6, 6.07) is 17.4. The zero-order valence-electron chi connectivity index (χ0n) is 16.8. The number of amides is 1. The first-order valence-electron chi connectivity index (χ1n) is 10.1. The maximum atomic E-state index is 14.8. The fraction of sp³-hybridized carbons (Fsp3) is 0.240. The van der Waals surface area contributed by atoms with Crippen LogP contribution in [0.5, 0.6) is 0 Å². The molecule has 0 spiro atoms. The highest BCUT2D eigenvalue weighted by Gasteiger charge is 2.18. The van der Waals surface area contributed by atoms with Crippen molar-refractivity contribution < 1.29 is 9.18 Å². The minimum Gasteiger partial charge on any atom is -0.366 e. The Morgan fingerprint density at radius 3 is 2.62 bits per heavy atom. The van der Waals surface area contributed by atoms with Gasteiger partial charge in [0.05, 0.1) is 12.1 Å². The summed E-state index contributed by atoms with van der Waals surface area (Å²) < 4.78 is 16.9. The number of benzene rings is 3. The van der Waals surface area contributed by atoms with Crippen molar-refractivity contribution in [2.24, 2.45) is 5.73 Å². The van der Waals surface area contributed by atoms with Crippen LogP contribution >= 0.6 is 0 Å². The second-order valence-electron chi connectivity index (χ2n) is 7.65. The van der Waals surface area contributed by atoms with E-state index < -0.39 is 5.91 Å². The average Bonchev–Trinajstić information content (AvgIpc) is 3.03. The first kappa shape index (κ1) is 19.2. The molecule has 0 radical (unpaired) electrons. The maximum absolute atomic E-state index is 14.8. The molecule has 29 heavy (non-hydrogen) atoms. The van der Waals surface area contributed by atoms with E-state index in [-0.39, 0.29) is 5.82 Å². The molecule has 4 aromatic rings. The highest BCUT2D eigenvalue weighted by atomic mass is 19.1. The number of fused-ring (bicyclic) bond motifs is 3. The van der Waals surface area contributed by atoms with Gasteiger partial charge in [-0.3, -0.25) is 4.79 Å². The van der Waals surface area contributed by atoms with E-state index >= 15 is 0 Å². The van der Waals surface area contributed by atoms with Crippen molar-refractivity contribution in [1.29, 1.82) is 0 Å². The van der Waals surface area contributed by atoms with Gasteiger partial charge in [0, 0.05) is 27.4 Å². The number of primary amides is 1. The summed E-state index contributed by atoms with van der Waals surface area (Å²) in [5.74, 6) is -0.637. The van der Waals surface area contributed by atoms with E-state index in [4.69, 9.17) is 5.73 Å². The van der Waals surface area contributed by atoms with Crippen LogP contribution in [0.4, 0.5) is 4.39 Å². The Balaban J connectivity index is 1.99. The van der Waals surface area contributed by atoms with Gasteiger partial charge in [-0.15, -0.1) is 0 Å². The maximum Gasteiger partial charge on any atom is 0.249 e. The number of aryl methyl sites for hydroxylation is 2. The van der Waals surface area contributed by atoms with Crippen LogP contribution in [0.2, 0.25) is 0 Å². The van der Waals surface area contributed by atoms with Crippen LogP contribution in [-0.4, -0.2) is 10.5 Å². The van der Waals surface area contributed by atoms with Gasteiger partial charge < -0.3 is 10.3 Å². The standard InChI is InChI=1S/C25H25FN2O/c1-3-4-8-17-12-13-19-22(14-17)28(15-18-9-5-7-16(2)24(18)26)21-11-6-10-20(23(19)21)25(27)29/h5-7,9-14H,3-4,8,15H2,1-2H3,(H2,27,29). The molecule has 4 rings (SSSR count). The van der Waals surface area contributed by atoms with Crippen molar-refractivity contribution in [3.05, 3.63) is 82.7 Å². The lowest BCUT2D eigenvalue weighted by Gasteiger charge is -2.11. The Morgan fingerprint density at radius 2 is 1.86 bits per heavy atom. The Labute approximate surface area is 169 Å². The summed E-state index contributed by atoms with van der Waals surface area (Å²) in [5, 5.41) is 1.81. The minimum atomic E-state index is -0.452. The summed E-state index contributed by atoms with van der Waals surface area (Å²) in [4.78, 5) is 12.1. The van der Waals surface area contributed by atoms with E-state index in [2.05, 4.69) is 29.7 Å². The lowest BCUT2D eigenvalue weighted by molar-refractivity contribution is 0.100. The van der Waals surface area contributed by atoms with Crippen LogP contribution in [0.25, 0.3) is 21.8 Å². The second kappa shape index (κ2) is 7.70. The van der Waals surface area contributed by atoms with E-state index in [1.54, 1.807) is 19.1 Å². The molecular formula is C25H25FN2O. The van der Waals surface area contributed by atoms with Crippen molar-refractivity contribution in [3.8, 4) is 0 Å². The number of hydrogen-bond donors (Lipinski definition) is 1. The molecule has 0 bridgehead atoms. The smallest absolute Gasteiger partial charge is 0.249 e. The molecule has 0 atom stereocenters. The van der Waals surface area contributed by atoms with Crippen molar-refractivity contribution in [2.45, 2.75) is 39.7 Å². The van der Waals surface area contributed by atoms with Gasteiger partial charge >= 0.3 is 0 Å². The summed E-state index contributed by atoms with van der Waals surface area (Å²) in [6.45, 7) is 4.35. The van der Waals surface area contributed by atoms with Gasteiger partial charge in [-0.2, -0.15) is 0 Å². The summed E-state index contributed by atoms with van der Waals surface area (Å²) in [5.41, 5.74) is 10.6. The number of rotatable bonds is 6. The number of hydrogen-bond acceptors (Lipinski definition) is 1. The minimum absolute atomic E-state index is 0.185. The van der Waals surface area contributed by atoms with Crippen molar-refractivity contribution in [2.75, 3.05) is 0 Å². The monoisotopic (exact) mass is 388 g/mol. The first-order valence-corrected chi connectivity index (χ1v) is 10.1. The number of aromatic nitrogens is 1. The number of nitrogens with zero attached hydrogens (tertiary/aromatic N) is 1. The molecule has 0 saturated heterocycles. The molecule has 0 unspecified atom stereocenters. The van der Waals surface area contributed by atoms with Crippen LogP contribution < -0.4 is 5.73 Å². The summed E-state index contributed by atoms with van der Waals surface area (Å²) in [6.07, 6.45) is 3.24. The van der Waals surface area contributed by atoms with Crippen molar-refractivity contribution in [3.63, 3.8) is 0 Å². The lowest BCUT2D eigenvalue weighted by Crippen LogP contribution is -2.11. The van der Waals surface area contributed by atoms with Gasteiger partial charge in [0.15, 0.2) is 0 Å². The predicted octanol–water partition coefficient (Wildman–Crippen LogP) is 5.73. The number of nitrogens with two attached hydrogens (primary N) is 1. The lowest BCUT2D eigenvalue weighted by atomic mass is 10.0. The highest BCUT2D eigenvalue weighted by Crippen LogP contribution is 2.33. The largest absolute Gasteiger partial charge is 0.366 e. The molecular weight excluding hydrogens is 363 g/mol. The molecule has 1 aromatic heterocycles. The average molecular weight is 388 g/mol. The van der Waals surface area contributed by atoms with Gasteiger partial charge in [-0.1, -0.05) is 49.7 Å². The molecule has 0 aliphatic heterocycles. The normalized spacial score (nSPS) is 11.4. The molecule has 3 aromatic carbocycles. The van der Waals surface area contributed by atoms with Crippen LogP contribution in [0, 0.1) is 12.7 Å². The van der Waals surface area contributed by atoms with E-state index in [1.807, 2.05) is 24.3 Å². The topological polar surface area (TPSA) is 48.0 Å². The van der Waals surface area contributed by atoms with Gasteiger partial charge in [0.1, 0.15) is 5.82 Å². The van der Waals surface area contributed by atoms with Crippen LogP contribution in [0.1, 0.15) is 46.8 Å². The van der Waals surface area contributed by atoms with Gasteiger partial charge in [-0.05, 0) is 49.1 Å². The summed E-state index contributed by atoms with van der Waals surface area (Å²) >= 11 is 0. The first-order chi connectivity index (χ1) is 14.0. The second-order valence-corrected chi connectivity index (χ2v) is 7.65. The third-order valence-electron chi connectivity index (χ3n) is 5.64. The third-order valence-corrected chi connectivity index (χ3v) is 5.64. The summed E-state index contributed by atoms with van der Waals surface area (Å²) in [7, 11) is 0. The molecule has 1 amide bonds. The molecule has 0 aliphatic carbocycles. The van der Waals surface area contributed by atoms with Crippen LogP contribution in [0.15, 0.2) is 54.6 Å². The van der Waals surface area contributed by atoms with E-state index in [9.17, 15) is 9.18 Å². The van der Waals surface area contributed by atoms with Gasteiger partial charge in [-0.25, -0.2) is 4.39 Å². The fourth-order valence-corrected chi connectivity index (χ4v) is 4.10. The molecule has 0 saturated carbocycles. The molecule has 1 heterocycles. The molecule has 3 nitrogen and oxygen atoms in total. The van der Waals surface area contributed by atoms with E-state index in [0.29, 0.717) is 23.2 Å². The van der Waals surface area contributed by atoms with Crippen LogP contribution in [0.3, 0.4) is 0 Å². The molecule has 2 N–H and O–H groups in total. The number of unbranched alkanes of at least 4 members (excludes halogenated alkanes) is 1. The predicted molar refractivity (Wildman–Crippen MR) is 117 cm³/mol.